The molecule has 0 aromatic carbocycles. The van der Waals surface area contributed by atoms with E-state index in [1.54, 1.807) is 13.1 Å². The van der Waals surface area contributed by atoms with E-state index in [-0.39, 0.29) is 36.6 Å². The number of alkyl halides is 2. The Balaban J connectivity index is 2.16. The lowest BCUT2D eigenvalue weighted by Gasteiger charge is -2.27. The Kier molecular flexibility index (Phi) is 4.64. The predicted octanol–water partition coefficient (Wildman–Crippen LogP) is 3.79. The lowest BCUT2D eigenvalue weighted by atomic mass is 9.88. The molecule has 4 nitrogen and oxygen atoms in total. The monoisotopic (exact) mass is 325 g/mol. The number of rotatable bonds is 3. The van der Waals surface area contributed by atoms with E-state index in [2.05, 4.69) is 31.2 Å². The molecule has 1 atom stereocenters. The normalized spacial score (nSPS) is 19.2. The number of hydrogen-bond donors (Lipinski definition) is 1. The lowest BCUT2D eigenvalue weighted by molar-refractivity contribution is -0.00606. The molecule has 2 rings (SSSR count). The van der Waals surface area contributed by atoms with Crippen molar-refractivity contribution in [3.05, 3.63) is 23.5 Å². The molecule has 1 aliphatic rings. The van der Waals surface area contributed by atoms with Crippen LogP contribution in [-0.4, -0.2) is 27.7 Å². The molecule has 0 radical (unpaired) electrons. The molecule has 0 spiro atoms. The highest BCUT2D eigenvalue weighted by molar-refractivity contribution is 5.93. The van der Waals surface area contributed by atoms with Crippen molar-refractivity contribution in [1.29, 1.82) is 0 Å². The summed E-state index contributed by atoms with van der Waals surface area (Å²) in [5.74, 6) is -2.82. The molecule has 0 aliphatic heterocycles. The highest BCUT2D eigenvalue weighted by atomic mass is 19.3. The van der Waals surface area contributed by atoms with Gasteiger partial charge in [-0.15, -0.1) is 0 Å². The Hall–Kier alpha value is -1.72. The minimum Gasteiger partial charge on any atom is -0.348 e. The summed E-state index contributed by atoms with van der Waals surface area (Å²) in [5.41, 5.74) is 1.79. The molecule has 1 unspecified atom stereocenters. The van der Waals surface area contributed by atoms with Crippen LogP contribution in [0.1, 0.15) is 63.1 Å². The summed E-state index contributed by atoms with van der Waals surface area (Å²) in [5, 5.41) is 7.28. The number of hydrogen-bond acceptors (Lipinski definition) is 2. The van der Waals surface area contributed by atoms with Gasteiger partial charge in [-0.3, -0.25) is 9.48 Å². The van der Waals surface area contributed by atoms with Crippen LogP contribution in [0.25, 0.3) is 5.57 Å². The van der Waals surface area contributed by atoms with E-state index in [9.17, 15) is 13.6 Å². The molecular weight excluding hydrogens is 300 g/mol. The van der Waals surface area contributed by atoms with Crippen molar-refractivity contribution in [3.8, 4) is 0 Å². The van der Waals surface area contributed by atoms with Gasteiger partial charge in [0.1, 0.15) is 5.69 Å². The van der Waals surface area contributed by atoms with Crippen molar-refractivity contribution in [3.63, 3.8) is 0 Å². The highest BCUT2D eigenvalue weighted by Crippen LogP contribution is 2.35. The van der Waals surface area contributed by atoms with Crippen LogP contribution < -0.4 is 5.32 Å². The zero-order chi connectivity index (χ0) is 17.4. The Morgan fingerprint density at radius 3 is 2.61 bits per heavy atom. The summed E-state index contributed by atoms with van der Waals surface area (Å²) in [6, 6.07) is 1.68. The second-order valence-corrected chi connectivity index (χ2v) is 7.39. The van der Waals surface area contributed by atoms with Gasteiger partial charge in [0.05, 0.1) is 5.69 Å². The minimum absolute atomic E-state index is 0.000868. The maximum atomic E-state index is 13.2. The van der Waals surface area contributed by atoms with Gasteiger partial charge in [0.15, 0.2) is 0 Å². The number of amides is 1. The topological polar surface area (TPSA) is 46.9 Å². The minimum atomic E-state index is -2.62. The van der Waals surface area contributed by atoms with Gasteiger partial charge in [0.25, 0.3) is 11.8 Å². The van der Waals surface area contributed by atoms with Crippen LogP contribution in [0.3, 0.4) is 0 Å². The molecule has 6 heteroatoms. The van der Waals surface area contributed by atoms with Crippen LogP contribution in [0.2, 0.25) is 0 Å². The summed E-state index contributed by atoms with van der Waals surface area (Å²) in [7, 11) is 1.69. The molecule has 0 fully saturated rings. The Morgan fingerprint density at radius 1 is 1.43 bits per heavy atom. The van der Waals surface area contributed by atoms with Crippen molar-refractivity contribution in [1.82, 2.24) is 15.1 Å². The van der Waals surface area contributed by atoms with Crippen LogP contribution in [0.4, 0.5) is 8.78 Å². The zero-order valence-electron chi connectivity index (χ0n) is 14.4. The predicted molar refractivity (Wildman–Crippen MR) is 86.4 cm³/mol. The SMILES string of the molecule is CC(NC(=O)c1cc(C2=CCC(F)(F)CC2)nn1C)C(C)(C)C. The number of nitrogens with zero attached hydrogens (tertiary/aromatic N) is 2. The highest BCUT2D eigenvalue weighted by Gasteiger charge is 2.32. The standard InChI is InChI=1S/C17H25F2N3O/c1-11(16(2,3)4)20-15(23)14-10-13(21-22(14)5)12-6-8-17(18,19)9-7-12/h6,10-11H,7-9H2,1-5H3,(H,20,23). The van der Waals surface area contributed by atoms with Crippen molar-refractivity contribution in [2.45, 2.75) is 58.9 Å². The molecule has 1 aromatic rings. The van der Waals surface area contributed by atoms with Gasteiger partial charge in [0.2, 0.25) is 0 Å². The molecule has 0 saturated heterocycles. The average molecular weight is 325 g/mol. The van der Waals surface area contributed by atoms with Crippen molar-refractivity contribution >= 4 is 11.5 Å². The molecule has 1 aromatic heterocycles. The summed E-state index contributed by atoms with van der Waals surface area (Å²) < 4.78 is 28.0. The molecule has 23 heavy (non-hydrogen) atoms. The summed E-state index contributed by atoms with van der Waals surface area (Å²) in [6.45, 7) is 8.12. The third-order valence-corrected chi connectivity index (χ3v) is 4.50. The van der Waals surface area contributed by atoms with Crippen molar-refractivity contribution < 1.29 is 13.6 Å². The Bertz CT molecular complexity index is 626. The smallest absolute Gasteiger partial charge is 0.269 e. The molecule has 1 N–H and O–H groups in total. The second kappa shape index (κ2) is 6.06. The molecular formula is C17H25F2N3O. The molecule has 1 aliphatic carbocycles. The maximum absolute atomic E-state index is 13.2. The fourth-order valence-electron chi connectivity index (χ4n) is 2.35. The summed E-state index contributed by atoms with van der Waals surface area (Å²) in [6.07, 6.45) is 1.38. The van der Waals surface area contributed by atoms with E-state index >= 15 is 0 Å². The second-order valence-electron chi connectivity index (χ2n) is 7.39. The third kappa shape index (κ3) is 4.18. The fraction of sp³-hybridized carbons (Fsp3) is 0.647. The van der Waals surface area contributed by atoms with Crippen LogP contribution in [0, 0.1) is 5.41 Å². The van der Waals surface area contributed by atoms with Gasteiger partial charge in [0, 0.05) is 25.9 Å². The molecule has 128 valence electrons. The van der Waals surface area contributed by atoms with Crippen molar-refractivity contribution in [2.75, 3.05) is 0 Å². The van der Waals surface area contributed by atoms with Crippen LogP contribution >= 0.6 is 0 Å². The average Bonchev–Trinajstić information content (AvgIpc) is 2.79. The molecule has 0 saturated carbocycles. The van der Waals surface area contributed by atoms with E-state index in [1.807, 2.05) is 6.92 Å². The third-order valence-electron chi connectivity index (χ3n) is 4.50. The van der Waals surface area contributed by atoms with E-state index in [4.69, 9.17) is 0 Å². The lowest BCUT2D eigenvalue weighted by Crippen LogP contribution is -2.42. The van der Waals surface area contributed by atoms with Gasteiger partial charge in [-0.25, -0.2) is 8.78 Å². The molecule has 1 heterocycles. The number of aryl methyl sites for hydroxylation is 1. The Labute approximate surface area is 135 Å². The fourth-order valence-corrected chi connectivity index (χ4v) is 2.35. The van der Waals surface area contributed by atoms with E-state index < -0.39 is 5.92 Å². The van der Waals surface area contributed by atoms with Gasteiger partial charge in [-0.1, -0.05) is 26.8 Å². The molecule has 1 amide bonds. The van der Waals surface area contributed by atoms with Gasteiger partial charge < -0.3 is 5.32 Å². The van der Waals surface area contributed by atoms with Crippen LogP contribution in [0.5, 0.6) is 0 Å². The van der Waals surface area contributed by atoms with Gasteiger partial charge >= 0.3 is 0 Å². The largest absolute Gasteiger partial charge is 0.348 e. The van der Waals surface area contributed by atoms with E-state index in [1.165, 1.54) is 10.8 Å². The number of carbonyl (C=O) groups is 1. The number of carbonyl (C=O) groups excluding carboxylic acids is 1. The maximum Gasteiger partial charge on any atom is 0.269 e. The molecule has 0 bridgehead atoms. The van der Waals surface area contributed by atoms with Crippen LogP contribution in [-0.2, 0) is 7.05 Å². The number of allylic oxidation sites excluding steroid dienone is 2. The summed E-state index contributed by atoms with van der Waals surface area (Å²) in [4.78, 5) is 12.4. The number of nitrogens with one attached hydrogen (secondary N) is 1. The Morgan fingerprint density at radius 2 is 2.09 bits per heavy atom. The number of aromatic nitrogens is 2. The summed E-state index contributed by atoms with van der Waals surface area (Å²) >= 11 is 0. The zero-order valence-corrected chi connectivity index (χ0v) is 14.4. The van der Waals surface area contributed by atoms with E-state index in [0.717, 1.165) is 5.57 Å². The first-order chi connectivity index (χ1) is 10.5. The van der Waals surface area contributed by atoms with Gasteiger partial charge in [-0.2, -0.15) is 5.10 Å². The quantitative estimate of drug-likeness (QED) is 0.919. The first-order valence-corrected chi connectivity index (χ1v) is 7.92. The number of halogens is 2. The van der Waals surface area contributed by atoms with Crippen LogP contribution in [0.15, 0.2) is 12.1 Å². The van der Waals surface area contributed by atoms with E-state index in [0.29, 0.717) is 11.4 Å². The van der Waals surface area contributed by atoms with Crippen molar-refractivity contribution in [2.24, 2.45) is 12.5 Å². The van der Waals surface area contributed by atoms with Gasteiger partial charge in [-0.05, 0) is 30.4 Å². The first-order valence-electron chi connectivity index (χ1n) is 7.92. The first kappa shape index (κ1) is 17.6.